The molecule has 0 spiro atoms. The van der Waals surface area contributed by atoms with Gasteiger partial charge in [-0.3, -0.25) is 9.69 Å². The average Bonchev–Trinajstić information content (AvgIpc) is 2.61. The van der Waals surface area contributed by atoms with Crippen LogP contribution in [0.3, 0.4) is 0 Å². The third-order valence-corrected chi connectivity index (χ3v) is 5.18. The molecular weight excluding hydrogens is 324 g/mol. The zero-order valence-electron chi connectivity index (χ0n) is 15.9. The number of hydrogen-bond acceptors (Lipinski definition) is 4. The predicted octanol–water partition coefficient (Wildman–Crippen LogP) is 2.95. The number of anilines is 3. The second kappa shape index (κ2) is 7.79. The molecule has 0 saturated carbocycles. The van der Waals surface area contributed by atoms with Crippen LogP contribution in [0, 0.1) is 20.8 Å². The van der Waals surface area contributed by atoms with Crippen LogP contribution in [0.1, 0.15) is 16.7 Å². The molecule has 5 nitrogen and oxygen atoms in total. The number of benzene rings is 2. The third kappa shape index (κ3) is 4.17. The highest BCUT2D eigenvalue weighted by Crippen LogP contribution is 2.24. The average molecular weight is 352 g/mol. The fourth-order valence-corrected chi connectivity index (χ4v) is 3.45. The van der Waals surface area contributed by atoms with Gasteiger partial charge in [-0.15, -0.1) is 0 Å². The Morgan fingerprint density at radius 3 is 2.46 bits per heavy atom. The number of nitrogens with zero attached hydrogens (tertiary/aromatic N) is 2. The second-order valence-corrected chi connectivity index (χ2v) is 7.10. The first-order valence-electron chi connectivity index (χ1n) is 9.13. The lowest BCUT2D eigenvalue weighted by atomic mass is 10.1. The number of aryl methyl sites for hydroxylation is 2. The molecule has 0 aromatic heterocycles. The number of carbonyl (C=O) groups is 1. The predicted molar refractivity (Wildman–Crippen MR) is 109 cm³/mol. The molecule has 1 saturated heterocycles. The minimum Gasteiger partial charge on any atom is -0.399 e. The zero-order chi connectivity index (χ0) is 18.7. The van der Waals surface area contributed by atoms with E-state index in [-0.39, 0.29) is 5.91 Å². The Labute approximate surface area is 155 Å². The Morgan fingerprint density at radius 1 is 1.04 bits per heavy atom. The maximum absolute atomic E-state index is 12.4. The Kier molecular flexibility index (Phi) is 5.47. The van der Waals surface area contributed by atoms with Crippen molar-refractivity contribution >= 4 is 23.0 Å². The van der Waals surface area contributed by atoms with E-state index in [9.17, 15) is 4.79 Å². The molecule has 26 heavy (non-hydrogen) atoms. The molecule has 1 fully saturated rings. The fourth-order valence-electron chi connectivity index (χ4n) is 3.45. The van der Waals surface area contributed by atoms with Gasteiger partial charge < -0.3 is 16.0 Å². The summed E-state index contributed by atoms with van der Waals surface area (Å²) in [6.45, 7) is 10.4. The molecule has 3 N–H and O–H groups in total. The van der Waals surface area contributed by atoms with Crippen LogP contribution in [0.15, 0.2) is 36.4 Å². The summed E-state index contributed by atoms with van der Waals surface area (Å²) in [5, 5.41) is 2.99. The van der Waals surface area contributed by atoms with Crippen LogP contribution in [0.5, 0.6) is 0 Å². The number of hydrogen-bond donors (Lipinski definition) is 2. The van der Waals surface area contributed by atoms with Gasteiger partial charge in [0.15, 0.2) is 0 Å². The summed E-state index contributed by atoms with van der Waals surface area (Å²) in [5.41, 5.74) is 12.3. The highest BCUT2D eigenvalue weighted by atomic mass is 16.2. The largest absolute Gasteiger partial charge is 0.399 e. The molecule has 1 amide bonds. The summed E-state index contributed by atoms with van der Waals surface area (Å²) in [5.74, 6) is 0.0260. The van der Waals surface area contributed by atoms with Gasteiger partial charge in [-0.1, -0.05) is 12.1 Å². The fraction of sp³-hybridized carbons (Fsp3) is 0.381. The van der Waals surface area contributed by atoms with E-state index in [1.807, 2.05) is 25.1 Å². The van der Waals surface area contributed by atoms with Crippen molar-refractivity contribution in [3.05, 3.63) is 53.1 Å². The Balaban J connectivity index is 1.53. The molecule has 0 radical (unpaired) electrons. The van der Waals surface area contributed by atoms with Gasteiger partial charge in [-0.25, -0.2) is 0 Å². The molecule has 2 aromatic carbocycles. The second-order valence-electron chi connectivity index (χ2n) is 7.10. The highest BCUT2D eigenvalue weighted by Gasteiger charge is 2.20. The smallest absolute Gasteiger partial charge is 0.238 e. The van der Waals surface area contributed by atoms with Crippen molar-refractivity contribution in [2.45, 2.75) is 20.8 Å². The lowest BCUT2D eigenvalue weighted by molar-refractivity contribution is -0.117. The van der Waals surface area contributed by atoms with Gasteiger partial charge in [-0.05, 0) is 61.7 Å². The summed E-state index contributed by atoms with van der Waals surface area (Å²) < 4.78 is 0. The van der Waals surface area contributed by atoms with Crippen molar-refractivity contribution in [1.29, 1.82) is 0 Å². The quantitative estimate of drug-likeness (QED) is 0.831. The normalized spacial score (nSPS) is 15.1. The van der Waals surface area contributed by atoms with Crippen LogP contribution >= 0.6 is 0 Å². The molecule has 2 aromatic rings. The molecule has 5 heteroatoms. The first-order chi connectivity index (χ1) is 12.4. The van der Waals surface area contributed by atoms with Gasteiger partial charge >= 0.3 is 0 Å². The Morgan fingerprint density at radius 2 is 1.77 bits per heavy atom. The molecule has 0 atom stereocenters. The van der Waals surface area contributed by atoms with Gasteiger partial charge in [-0.2, -0.15) is 0 Å². The van der Waals surface area contributed by atoms with Crippen molar-refractivity contribution in [3.63, 3.8) is 0 Å². The van der Waals surface area contributed by atoms with Crippen molar-refractivity contribution in [2.75, 3.05) is 48.7 Å². The number of nitrogens with one attached hydrogen (secondary N) is 1. The standard InChI is InChI=1S/C21H28N4O/c1-15-5-4-6-20(17(15)3)25-11-9-24(10-12-25)14-21(26)23-19-8-7-18(22)13-16(19)2/h4-8,13H,9-12,14,22H2,1-3H3,(H,23,26). The first kappa shape index (κ1) is 18.3. The Bertz CT molecular complexity index is 795. The maximum atomic E-state index is 12.4. The topological polar surface area (TPSA) is 61.6 Å². The molecule has 1 heterocycles. The van der Waals surface area contributed by atoms with E-state index >= 15 is 0 Å². The van der Waals surface area contributed by atoms with Crippen molar-refractivity contribution < 1.29 is 4.79 Å². The van der Waals surface area contributed by atoms with E-state index in [0.29, 0.717) is 12.2 Å². The van der Waals surface area contributed by atoms with Gasteiger partial charge in [0.05, 0.1) is 6.54 Å². The number of nitrogens with two attached hydrogens (primary N) is 1. The van der Waals surface area contributed by atoms with Crippen molar-refractivity contribution in [2.24, 2.45) is 0 Å². The van der Waals surface area contributed by atoms with Crippen LogP contribution in [0.25, 0.3) is 0 Å². The molecule has 1 aliphatic heterocycles. The minimum absolute atomic E-state index is 0.0260. The van der Waals surface area contributed by atoms with E-state index in [1.54, 1.807) is 0 Å². The summed E-state index contributed by atoms with van der Waals surface area (Å²) in [6.07, 6.45) is 0. The van der Waals surface area contributed by atoms with Crippen LogP contribution in [-0.2, 0) is 4.79 Å². The first-order valence-corrected chi connectivity index (χ1v) is 9.13. The van der Waals surface area contributed by atoms with Crippen molar-refractivity contribution in [1.82, 2.24) is 4.90 Å². The van der Waals surface area contributed by atoms with Gasteiger partial charge in [0.1, 0.15) is 0 Å². The zero-order valence-corrected chi connectivity index (χ0v) is 15.9. The van der Waals surface area contributed by atoms with E-state index in [2.05, 4.69) is 47.2 Å². The van der Waals surface area contributed by atoms with Gasteiger partial charge in [0.25, 0.3) is 0 Å². The van der Waals surface area contributed by atoms with E-state index in [1.165, 1.54) is 16.8 Å². The highest BCUT2D eigenvalue weighted by molar-refractivity contribution is 5.93. The summed E-state index contributed by atoms with van der Waals surface area (Å²) in [6, 6.07) is 12.0. The van der Waals surface area contributed by atoms with E-state index in [0.717, 1.165) is 37.4 Å². The van der Waals surface area contributed by atoms with Crippen LogP contribution in [0.4, 0.5) is 17.1 Å². The maximum Gasteiger partial charge on any atom is 0.238 e. The van der Waals surface area contributed by atoms with Crippen LogP contribution in [-0.4, -0.2) is 43.5 Å². The molecule has 3 rings (SSSR count). The monoisotopic (exact) mass is 352 g/mol. The molecule has 138 valence electrons. The summed E-state index contributed by atoms with van der Waals surface area (Å²) in [7, 11) is 0. The number of carbonyl (C=O) groups excluding carboxylic acids is 1. The molecular formula is C21H28N4O. The third-order valence-electron chi connectivity index (χ3n) is 5.18. The van der Waals surface area contributed by atoms with E-state index < -0.39 is 0 Å². The van der Waals surface area contributed by atoms with Crippen molar-refractivity contribution in [3.8, 4) is 0 Å². The Hall–Kier alpha value is -2.53. The van der Waals surface area contributed by atoms with Crippen LogP contribution in [0.2, 0.25) is 0 Å². The van der Waals surface area contributed by atoms with E-state index in [4.69, 9.17) is 5.73 Å². The van der Waals surface area contributed by atoms with Gasteiger partial charge in [0.2, 0.25) is 5.91 Å². The molecule has 0 bridgehead atoms. The number of amides is 1. The SMILES string of the molecule is Cc1cc(N)ccc1NC(=O)CN1CCN(c2cccc(C)c2C)CC1. The lowest BCUT2D eigenvalue weighted by Gasteiger charge is -2.36. The minimum atomic E-state index is 0.0260. The lowest BCUT2D eigenvalue weighted by Crippen LogP contribution is -2.48. The number of rotatable bonds is 4. The molecule has 1 aliphatic rings. The molecule has 0 unspecified atom stereocenters. The van der Waals surface area contributed by atoms with Crippen LogP contribution < -0.4 is 16.0 Å². The van der Waals surface area contributed by atoms with Gasteiger partial charge in [0, 0.05) is 43.2 Å². The summed E-state index contributed by atoms with van der Waals surface area (Å²) in [4.78, 5) is 17.0. The summed E-state index contributed by atoms with van der Waals surface area (Å²) >= 11 is 0. The number of piperazine rings is 1. The molecule has 0 aliphatic carbocycles. The number of nitrogen functional groups attached to an aromatic ring is 1.